The van der Waals surface area contributed by atoms with E-state index >= 15 is 0 Å². The zero-order valence-corrected chi connectivity index (χ0v) is 15.3. The second-order valence-electron chi connectivity index (χ2n) is 7.77. The fourth-order valence-corrected chi connectivity index (χ4v) is 3.56. The lowest BCUT2D eigenvalue weighted by molar-refractivity contribution is 0.0695. The topological polar surface area (TPSA) is 55.1 Å². The van der Waals surface area contributed by atoms with E-state index in [-0.39, 0.29) is 0 Å². The average molecular weight is 348 g/mol. The Labute approximate surface area is 153 Å². The third-order valence-electron chi connectivity index (χ3n) is 5.04. The maximum absolute atomic E-state index is 11.7. The summed E-state index contributed by atoms with van der Waals surface area (Å²) in [4.78, 5) is 16.2. The minimum absolute atomic E-state index is 0.340. The van der Waals surface area contributed by atoms with Crippen molar-refractivity contribution in [3.8, 4) is 0 Å². The molecule has 0 spiro atoms. The van der Waals surface area contributed by atoms with Crippen molar-refractivity contribution >= 4 is 16.9 Å². The molecule has 4 heteroatoms. The Hall–Kier alpha value is -2.62. The molecule has 4 rings (SSSR count). The number of benzene rings is 1. The highest BCUT2D eigenvalue weighted by Gasteiger charge is 2.25. The Balaban J connectivity index is 1.67. The second-order valence-corrected chi connectivity index (χ2v) is 7.77. The Morgan fingerprint density at radius 3 is 2.77 bits per heavy atom. The number of nitrogens with zero attached hydrogens (tertiary/aromatic N) is 2. The molecule has 2 aromatic heterocycles. The van der Waals surface area contributed by atoms with Gasteiger partial charge in [0.1, 0.15) is 0 Å². The molecule has 0 atom stereocenters. The molecule has 1 fully saturated rings. The average Bonchev–Trinajstić information content (AvgIpc) is 3.38. The Morgan fingerprint density at radius 1 is 1.27 bits per heavy atom. The molecule has 1 aromatic carbocycles. The zero-order chi connectivity index (χ0) is 18.3. The van der Waals surface area contributed by atoms with Crippen LogP contribution in [-0.4, -0.2) is 20.6 Å². The van der Waals surface area contributed by atoms with Crippen molar-refractivity contribution in [3.05, 3.63) is 65.1 Å². The van der Waals surface area contributed by atoms with Crippen LogP contribution in [0.25, 0.3) is 10.9 Å². The van der Waals surface area contributed by atoms with Crippen molar-refractivity contribution in [3.63, 3.8) is 0 Å². The summed E-state index contributed by atoms with van der Waals surface area (Å²) in [6, 6.07) is 10.3. The molecule has 0 unspecified atom stereocenters. The number of pyridine rings is 1. The first-order chi connectivity index (χ1) is 12.5. The highest BCUT2D eigenvalue weighted by Crippen LogP contribution is 2.40. The third-order valence-corrected chi connectivity index (χ3v) is 5.04. The largest absolute Gasteiger partial charge is 0.478 e. The second kappa shape index (κ2) is 6.60. The summed E-state index contributed by atoms with van der Waals surface area (Å²) in [5.74, 6) is 0.189. The van der Waals surface area contributed by atoms with E-state index in [4.69, 9.17) is 0 Å². The van der Waals surface area contributed by atoms with Crippen LogP contribution in [0.5, 0.6) is 0 Å². The van der Waals surface area contributed by atoms with Crippen molar-refractivity contribution in [2.75, 3.05) is 0 Å². The van der Waals surface area contributed by atoms with E-state index in [9.17, 15) is 9.90 Å². The monoisotopic (exact) mass is 348 g/mol. The summed E-state index contributed by atoms with van der Waals surface area (Å²) in [6.07, 6.45) is 6.81. The number of hydrogen-bond acceptors (Lipinski definition) is 2. The molecule has 0 aliphatic heterocycles. The number of carboxylic acids is 1. The number of rotatable bonds is 6. The predicted molar refractivity (Wildman–Crippen MR) is 103 cm³/mol. The van der Waals surface area contributed by atoms with E-state index in [1.165, 1.54) is 10.9 Å². The molecule has 0 saturated heterocycles. The standard InChI is InChI=1S/C22H24N2O2/c1-14(2)13-24-8-7-17-4-3-15(10-21(17)24)9-20-19(22(25)26)11-18(12-23-20)16-5-6-16/h3-4,7-8,10-12,14,16H,5-6,9,13H2,1-2H3,(H,25,26). The molecule has 1 aliphatic carbocycles. The maximum Gasteiger partial charge on any atom is 0.337 e. The van der Waals surface area contributed by atoms with Crippen molar-refractivity contribution in [1.82, 2.24) is 9.55 Å². The van der Waals surface area contributed by atoms with Crippen LogP contribution >= 0.6 is 0 Å². The van der Waals surface area contributed by atoms with Crippen LogP contribution in [0.4, 0.5) is 0 Å². The van der Waals surface area contributed by atoms with Gasteiger partial charge in [0.25, 0.3) is 0 Å². The van der Waals surface area contributed by atoms with Crippen molar-refractivity contribution in [1.29, 1.82) is 0 Å². The molecular formula is C22H24N2O2. The Kier molecular flexibility index (Phi) is 4.27. The summed E-state index contributed by atoms with van der Waals surface area (Å²) in [7, 11) is 0. The van der Waals surface area contributed by atoms with E-state index in [0.717, 1.165) is 30.5 Å². The Bertz CT molecular complexity index is 967. The van der Waals surface area contributed by atoms with Gasteiger partial charge in [0.2, 0.25) is 0 Å². The molecule has 134 valence electrons. The molecular weight excluding hydrogens is 324 g/mol. The van der Waals surface area contributed by atoms with Gasteiger partial charge in [0.05, 0.1) is 11.3 Å². The van der Waals surface area contributed by atoms with Gasteiger partial charge in [0, 0.05) is 30.9 Å². The lowest BCUT2D eigenvalue weighted by atomic mass is 10.0. The number of carbonyl (C=O) groups is 1. The quantitative estimate of drug-likeness (QED) is 0.692. The van der Waals surface area contributed by atoms with Gasteiger partial charge in [-0.15, -0.1) is 0 Å². The van der Waals surface area contributed by atoms with Crippen LogP contribution < -0.4 is 0 Å². The van der Waals surface area contributed by atoms with Crippen molar-refractivity contribution < 1.29 is 9.90 Å². The molecule has 0 amide bonds. The number of hydrogen-bond donors (Lipinski definition) is 1. The molecule has 0 bridgehead atoms. The number of carboxylic acid groups (broad SMARTS) is 1. The number of aromatic carboxylic acids is 1. The number of fused-ring (bicyclic) bond motifs is 1. The maximum atomic E-state index is 11.7. The lowest BCUT2D eigenvalue weighted by Crippen LogP contribution is -2.07. The SMILES string of the molecule is CC(C)Cn1ccc2ccc(Cc3ncc(C4CC4)cc3C(=O)O)cc21. The summed E-state index contributed by atoms with van der Waals surface area (Å²) in [6.45, 7) is 5.39. The van der Waals surface area contributed by atoms with Crippen molar-refractivity contribution in [2.24, 2.45) is 5.92 Å². The van der Waals surface area contributed by atoms with Gasteiger partial charge in [-0.25, -0.2) is 4.79 Å². The van der Waals surface area contributed by atoms with Gasteiger partial charge in [-0.3, -0.25) is 4.98 Å². The summed E-state index contributed by atoms with van der Waals surface area (Å²) in [5.41, 5.74) is 4.33. The van der Waals surface area contributed by atoms with Crippen LogP contribution in [0.15, 0.2) is 42.7 Å². The van der Waals surface area contributed by atoms with Gasteiger partial charge < -0.3 is 9.67 Å². The molecule has 3 aromatic rings. The first kappa shape index (κ1) is 16.8. The Morgan fingerprint density at radius 2 is 2.08 bits per heavy atom. The molecule has 1 aliphatic rings. The fraction of sp³-hybridized carbons (Fsp3) is 0.364. The highest BCUT2D eigenvalue weighted by atomic mass is 16.4. The molecule has 0 radical (unpaired) electrons. The van der Waals surface area contributed by atoms with E-state index in [1.807, 2.05) is 12.3 Å². The van der Waals surface area contributed by atoms with Crippen LogP contribution in [0.2, 0.25) is 0 Å². The van der Waals surface area contributed by atoms with Gasteiger partial charge >= 0.3 is 5.97 Å². The molecule has 2 heterocycles. The predicted octanol–water partition coefficient (Wildman–Crippen LogP) is 4.86. The first-order valence-electron chi connectivity index (χ1n) is 9.31. The van der Waals surface area contributed by atoms with Crippen molar-refractivity contribution in [2.45, 2.75) is 45.6 Å². The summed E-state index contributed by atoms with van der Waals surface area (Å²) >= 11 is 0. The van der Waals surface area contributed by atoms with E-state index in [1.54, 1.807) is 0 Å². The van der Waals surface area contributed by atoms with E-state index in [0.29, 0.717) is 29.5 Å². The minimum Gasteiger partial charge on any atom is -0.478 e. The lowest BCUT2D eigenvalue weighted by Gasteiger charge is -2.11. The van der Waals surface area contributed by atoms with Gasteiger partial charge in [0.15, 0.2) is 0 Å². The van der Waals surface area contributed by atoms with Gasteiger partial charge in [-0.05, 0) is 59.4 Å². The third kappa shape index (κ3) is 3.36. The summed E-state index contributed by atoms with van der Waals surface area (Å²) < 4.78 is 2.27. The van der Waals surface area contributed by atoms with E-state index in [2.05, 4.69) is 53.9 Å². The molecule has 1 saturated carbocycles. The van der Waals surface area contributed by atoms with Gasteiger partial charge in [-0.2, -0.15) is 0 Å². The molecule has 4 nitrogen and oxygen atoms in total. The van der Waals surface area contributed by atoms with E-state index < -0.39 is 5.97 Å². The molecule has 26 heavy (non-hydrogen) atoms. The van der Waals surface area contributed by atoms with Crippen LogP contribution in [0.1, 0.15) is 59.8 Å². The highest BCUT2D eigenvalue weighted by molar-refractivity contribution is 5.89. The summed E-state index contributed by atoms with van der Waals surface area (Å²) in [5, 5.41) is 10.8. The number of aromatic nitrogens is 2. The normalized spacial score (nSPS) is 14.3. The minimum atomic E-state index is -0.890. The molecule has 1 N–H and O–H groups in total. The zero-order valence-electron chi connectivity index (χ0n) is 15.3. The first-order valence-corrected chi connectivity index (χ1v) is 9.31. The smallest absolute Gasteiger partial charge is 0.337 e. The van der Waals surface area contributed by atoms with Gasteiger partial charge in [-0.1, -0.05) is 26.0 Å². The van der Waals surface area contributed by atoms with Crippen LogP contribution in [0.3, 0.4) is 0 Å². The fourth-order valence-electron chi connectivity index (χ4n) is 3.56. The van der Waals surface area contributed by atoms with Crippen LogP contribution in [0, 0.1) is 5.92 Å². The van der Waals surface area contributed by atoms with Crippen LogP contribution in [-0.2, 0) is 13.0 Å².